The monoisotopic (exact) mass is 260 g/mol. The fraction of sp³-hybridized carbons (Fsp3) is 0.538. The predicted molar refractivity (Wildman–Crippen MR) is 74.0 cm³/mol. The molecule has 0 N–H and O–H groups in total. The van der Waals surface area contributed by atoms with Gasteiger partial charge in [0.25, 0.3) is 0 Å². The number of aryl methyl sites for hydroxylation is 1. The van der Waals surface area contributed by atoms with Gasteiger partial charge in [0.2, 0.25) is 5.95 Å². The molecule has 2 rings (SSSR count). The van der Waals surface area contributed by atoms with Crippen LogP contribution in [0, 0.1) is 13.8 Å². The van der Waals surface area contributed by atoms with Crippen LogP contribution >= 0.6 is 0 Å². The van der Waals surface area contributed by atoms with E-state index in [1.54, 1.807) is 0 Å². The van der Waals surface area contributed by atoms with E-state index < -0.39 is 0 Å². The molecule has 0 aliphatic rings. The zero-order chi connectivity index (χ0) is 14.0. The first-order valence-electron chi connectivity index (χ1n) is 6.38. The first-order valence-corrected chi connectivity index (χ1v) is 6.38. The van der Waals surface area contributed by atoms with Crippen molar-refractivity contribution < 1.29 is 0 Å². The molecular weight excluding hydrogens is 240 g/mol. The number of hydrogen-bond acceptors (Lipinski definition) is 5. The SMILES string of the molecule is Cc1nn(C(C)C)c(C)c1CN(C)c1ncncn1. The molecule has 2 heterocycles. The van der Waals surface area contributed by atoms with Gasteiger partial charge in [0, 0.05) is 30.9 Å². The summed E-state index contributed by atoms with van der Waals surface area (Å²) in [5.74, 6) is 0.672. The van der Waals surface area contributed by atoms with E-state index in [1.165, 1.54) is 23.9 Å². The summed E-state index contributed by atoms with van der Waals surface area (Å²) in [6.45, 7) is 9.17. The third-order valence-corrected chi connectivity index (χ3v) is 3.18. The van der Waals surface area contributed by atoms with Crippen molar-refractivity contribution in [2.75, 3.05) is 11.9 Å². The van der Waals surface area contributed by atoms with Gasteiger partial charge in [-0.05, 0) is 27.7 Å². The number of anilines is 1. The second-order valence-corrected chi connectivity index (χ2v) is 4.98. The zero-order valence-electron chi connectivity index (χ0n) is 12.1. The molecule has 2 aromatic heterocycles. The van der Waals surface area contributed by atoms with E-state index >= 15 is 0 Å². The molecule has 0 spiro atoms. The maximum atomic E-state index is 4.59. The molecule has 0 amide bonds. The van der Waals surface area contributed by atoms with Gasteiger partial charge >= 0.3 is 0 Å². The van der Waals surface area contributed by atoms with Gasteiger partial charge in [0.15, 0.2) is 0 Å². The Morgan fingerprint density at radius 2 is 1.84 bits per heavy atom. The minimum Gasteiger partial charge on any atom is -0.339 e. The number of hydrogen-bond donors (Lipinski definition) is 0. The average molecular weight is 260 g/mol. The van der Waals surface area contributed by atoms with Crippen LogP contribution in [0.5, 0.6) is 0 Å². The molecule has 0 unspecified atom stereocenters. The van der Waals surface area contributed by atoms with Crippen LogP contribution in [0.2, 0.25) is 0 Å². The van der Waals surface area contributed by atoms with E-state index in [0.29, 0.717) is 12.0 Å². The van der Waals surface area contributed by atoms with Gasteiger partial charge < -0.3 is 4.90 Å². The fourth-order valence-corrected chi connectivity index (χ4v) is 2.17. The van der Waals surface area contributed by atoms with Gasteiger partial charge in [0.1, 0.15) is 12.7 Å². The predicted octanol–water partition coefficient (Wildman–Crippen LogP) is 1.90. The lowest BCUT2D eigenvalue weighted by Crippen LogP contribution is -2.20. The van der Waals surface area contributed by atoms with E-state index in [9.17, 15) is 0 Å². The van der Waals surface area contributed by atoms with Crippen molar-refractivity contribution in [3.8, 4) is 0 Å². The highest BCUT2D eigenvalue weighted by Crippen LogP contribution is 2.19. The molecule has 6 nitrogen and oxygen atoms in total. The molecule has 0 aliphatic heterocycles. The number of aromatic nitrogens is 5. The summed E-state index contributed by atoms with van der Waals surface area (Å²) in [6.07, 6.45) is 3.02. The summed E-state index contributed by atoms with van der Waals surface area (Å²) in [5, 5.41) is 4.59. The topological polar surface area (TPSA) is 59.7 Å². The van der Waals surface area contributed by atoms with Crippen LogP contribution < -0.4 is 4.90 Å². The smallest absolute Gasteiger partial charge is 0.228 e. The summed E-state index contributed by atoms with van der Waals surface area (Å²) in [6, 6.07) is 0.370. The summed E-state index contributed by atoms with van der Waals surface area (Å²) in [4.78, 5) is 14.1. The van der Waals surface area contributed by atoms with Crippen LogP contribution in [0.25, 0.3) is 0 Å². The molecule has 0 saturated heterocycles. The van der Waals surface area contributed by atoms with Gasteiger partial charge in [-0.3, -0.25) is 4.68 Å². The third kappa shape index (κ3) is 2.72. The van der Waals surface area contributed by atoms with Crippen LogP contribution in [-0.4, -0.2) is 31.8 Å². The van der Waals surface area contributed by atoms with Crippen molar-refractivity contribution in [2.45, 2.75) is 40.3 Å². The molecule has 19 heavy (non-hydrogen) atoms. The van der Waals surface area contributed by atoms with Gasteiger partial charge in [-0.15, -0.1) is 0 Å². The number of rotatable bonds is 4. The number of nitrogens with zero attached hydrogens (tertiary/aromatic N) is 6. The standard InChI is InChI=1S/C13H20N6/c1-9(2)19-11(4)12(10(3)17-19)6-18(5)13-15-7-14-8-16-13/h7-9H,6H2,1-5H3. The largest absolute Gasteiger partial charge is 0.339 e. The normalized spacial score (nSPS) is 11.1. The molecule has 0 bridgehead atoms. The Morgan fingerprint density at radius 1 is 1.21 bits per heavy atom. The van der Waals surface area contributed by atoms with Crippen molar-refractivity contribution in [1.29, 1.82) is 0 Å². The van der Waals surface area contributed by atoms with Crippen LogP contribution in [0.3, 0.4) is 0 Å². The zero-order valence-corrected chi connectivity index (χ0v) is 12.1. The molecule has 0 saturated carbocycles. The first-order chi connectivity index (χ1) is 9.00. The summed E-state index contributed by atoms with van der Waals surface area (Å²) < 4.78 is 2.06. The van der Waals surface area contributed by atoms with E-state index in [-0.39, 0.29) is 0 Å². The van der Waals surface area contributed by atoms with Crippen molar-refractivity contribution in [3.05, 3.63) is 29.6 Å². The quantitative estimate of drug-likeness (QED) is 0.840. The van der Waals surface area contributed by atoms with Crippen LogP contribution in [-0.2, 0) is 6.54 Å². The van der Waals surface area contributed by atoms with E-state index in [4.69, 9.17) is 0 Å². The highest BCUT2D eigenvalue weighted by molar-refractivity contribution is 5.33. The second-order valence-electron chi connectivity index (χ2n) is 4.98. The Kier molecular flexibility index (Phi) is 3.78. The van der Waals surface area contributed by atoms with E-state index in [0.717, 1.165) is 12.2 Å². The van der Waals surface area contributed by atoms with E-state index in [2.05, 4.69) is 45.5 Å². The molecule has 0 aliphatic carbocycles. The molecule has 102 valence electrons. The molecule has 0 radical (unpaired) electrons. The van der Waals surface area contributed by atoms with Crippen LogP contribution in [0.15, 0.2) is 12.7 Å². The summed E-state index contributed by atoms with van der Waals surface area (Å²) in [7, 11) is 1.97. The summed E-state index contributed by atoms with van der Waals surface area (Å²) >= 11 is 0. The molecule has 0 atom stereocenters. The van der Waals surface area contributed by atoms with Crippen LogP contribution in [0.4, 0.5) is 5.95 Å². The lowest BCUT2D eigenvalue weighted by Gasteiger charge is -2.17. The Bertz CT molecular complexity index is 546. The van der Waals surface area contributed by atoms with Gasteiger partial charge in [-0.1, -0.05) is 0 Å². The molecule has 0 aromatic carbocycles. The minimum absolute atomic E-state index is 0.370. The van der Waals surface area contributed by atoms with Crippen LogP contribution in [0.1, 0.15) is 36.8 Å². The maximum absolute atomic E-state index is 4.59. The molecule has 6 heteroatoms. The minimum atomic E-state index is 0.370. The lowest BCUT2D eigenvalue weighted by atomic mass is 10.2. The second kappa shape index (κ2) is 5.34. The Labute approximate surface area is 113 Å². The fourth-order valence-electron chi connectivity index (χ4n) is 2.17. The Hall–Kier alpha value is -1.98. The lowest BCUT2D eigenvalue weighted by molar-refractivity contribution is 0.515. The highest BCUT2D eigenvalue weighted by atomic mass is 15.3. The third-order valence-electron chi connectivity index (χ3n) is 3.18. The van der Waals surface area contributed by atoms with Gasteiger partial charge in [-0.25, -0.2) is 15.0 Å². The van der Waals surface area contributed by atoms with Gasteiger partial charge in [-0.2, -0.15) is 5.10 Å². The van der Waals surface area contributed by atoms with E-state index in [1.807, 2.05) is 18.9 Å². The maximum Gasteiger partial charge on any atom is 0.228 e. The first kappa shape index (κ1) is 13.5. The molecular formula is C13H20N6. The molecule has 2 aromatic rings. The van der Waals surface area contributed by atoms with Crippen molar-refractivity contribution in [2.24, 2.45) is 0 Å². The summed E-state index contributed by atoms with van der Waals surface area (Å²) in [5.41, 5.74) is 3.50. The Morgan fingerprint density at radius 3 is 2.37 bits per heavy atom. The molecule has 0 fully saturated rings. The van der Waals surface area contributed by atoms with Gasteiger partial charge in [0.05, 0.1) is 5.69 Å². The van der Waals surface area contributed by atoms with Crippen molar-refractivity contribution >= 4 is 5.95 Å². The van der Waals surface area contributed by atoms with Crippen molar-refractivity contribution in [1.82, 2.24) is 24.7 Å². The average Bonchev–Trinajstić information content (AvgIpc) is 2.68. The van der Waals surface area contributed by atoms with Crippen molar-refractivity contribution in [3.63, 3.8) is 0 Å². The Balaban J connectivity index is 2.24. The highest BCUT2D eigenvalue weighted by Gasteiger charge is 2.15.